The zero-order valence-corrected chi connectivity index (χ0v) is 13.6. The van der Waals surface area contributed by atoms with Crippen LogP contribution in [0, 0.1) is 0 Å². The molecule has 2 rings (SSSR count). The van der Waals surface area contributed by atoms with Gasteiger partial charge in [0.1, 0.15) is 0 Å². The molecule has 4 nitrogen and oxygen atoms in total. The molecule has 2 aromatic rings. The Labute approximate surface area is 130 Å². The van der Waals surface area contributed by atoms with Crippen molar-refractivity contribution in [2.45, 2.75) is 37.2 Å². The molecule has 1 N–H and O–H groups in total. The van der Waals surface area contributed by atoms with Crippen LogP contribution in [0.4, 0.5) is 0 Å². The number of imidazole rings is 1. The van der Waals surface area contributed by atoms with Gasteiger partial charge in [-0.25, -0.2) is 4.98 Å². The van der Waals surface area contributed by atoms with Gasteiger partial charge in [0.2, 0.25) is 5.91 Å². The molecule has 21 heavy (non-hydrogen) atoms. The largest absolute Gasteiger partial charge is 0.353 e. The first-order chi connectivity index (χ1) is 9.99. The van der Waals surface area contributed by atoms with E-state index < -0.39 is 0 Å². The van der Waals surface area contributed by atoms with Crippen molar-refractivity contribution < 1.29 is 4.79 Å². The molecule has 112 valence electrons. The minimum Gasteiger partial charge on any atom is -0.353 e. The number of hydrogen-bond donors (Lipinski definition) is 1. The fraction of sp³-hybridized carbons (Fsp3) is 0.375. The zero-order valence-electron chi connectivity index (χ0n) is 12.8. The summed E-state index contributed by atoms with van der Waals surface area (Å²) in [7, 11) is 1.98. The Balaban J connectivity index is 2.12. The fourth-order valence-corrected chi connectivity index (χ4v) is 2.85. The second-order valence-electron chi connectivity index (χ2n) is 5.27. The topological polar surface area (TPSA) is 46.9 Å². The Morgan fingerprint density at radius 2 is 1.90 bits per heavy atom. The van der Waals surface area contributed by atoms with Gasteiger partial charge in [0.15, 0.2) is 5.16 Å². The zero-order chi connectivity index (χ0) is 15.4. The van der Waals surface area contributed by atoms with Crippen LogP contribution in [0.3, 0.4) is 0 Å². The van der Waals surface area contributed by atoms with Crippen LogP contribution < -0.4 is 5.32 Å². The summed E-state index contributed by atoms with van der Waals surface area (Å²) in [4.78, 5) is 16.4. The van der Waals surface area contributed by atoms with Crippen molar-refractivity contribution in [2.24, 2.45) is 7.05 Å². The van der Waals surface area contributed by atoms with E-state index in [-0.39, 0.29) is 17.2 Å². The summed E-state index contributed by atoms with van der Waals surface area (Å²) in [6.07, 6.45) is 1.85. The van der Waals surface area contributed by atoms with Gasteiger partial charge in [0.25, 0.3) is 0 Å². The van der Waals surface area contributed by atoms with Gasteiger partial charge in [0.05, 0.1) is 17.1 Å². The highest BCUT2D eigenvalue weighted by molar-refractivity contribution is 8.00. The molecule has 1 aromatic carbocycles. The van der Waals surface area contributed by atoms with Gasteiger partial charge in [-0.1, -0.05) is 42.1 Å². The number of nitrogens with zero attached hydrogens (tertiary/aromatic N) is 2. The second-order valence-corrected chi connectivity index (χ2v) is 6.58. The molecule has 1 aromatic heterocycles. The van der Waals surface area contributed by atoms with Crippen LogP contribution >= 0.6 is 11.8 Å². The molecule has 1 heterocycles. The fourth-order valence-electron chi connectivity index (χ4n) is 1.99. The van der Waals surface area contributed by atoms with E-state index in [0.717, 1.165) is 16.4 Å². The highest BCUT2D eigenvalue weighted by atomic mass is 32.2. The lowest BCUT2D eigenvalue weighted by atomic mass is 10.2. The number of thioether (sulfide) groups is 1. The summed E-state index contributed by atoms with van der Waals surface area (Å²) in [5.74, 6) is 0.0410. The van der Waals surface area contributed by atoms with Crippen LogP contribution in [0.2, 0.25) is 0 Å². The Morgan fingerprint density at radius 1 is 1.24 bits per heavy atom. The third kappa shape index (κ3) is 3.88. The predicted molar refractivity (Wildman–Crippen MR) is 87.2 cm³/mol. The maximum Gasteiger partial charge on any atom is 0.233 e. The van der Waals surface area contributed by atoms with E-state index in [4.69, 9.17) is 0 Å². The van der Waals surface area contributed by atoms with Crippen molar-refractivity contribution in [2.75, 3.05) is 0 Å². The van der Waals surface area contributed by atoms with Crippen LogP contribution in [-0.2, 0) is 11.8 Å². The van der Waals surface area contributed by atoms with E-state index >= 15 is 0 Å². The van der Waals surface area contributed by atoms with Gasteiger partial charge in [-0.15, -0.1) is 0 Å². The highest BCUT2D eigenvalue weighted by Gasteiger charge is 2.18. The molecule has 1 amide bonds. The maximum absolute atomic E-state index is 12.0. The Bertz CT molecular complexity index is 607. The number of hydrogen-bond acceptors (Lipinski definition) is 3. The first-order valence-corrected chi connectivity index (χ1v) is 7.91. The van der Waals surface area contributed by atoms with E-state index in [1.165, 1.54) is 11.8 Å². The van der Waals surface area contributed by atoms with E-state index in [2.05, 4.69) is 22.4 Å². The summed E-state index contributed by atoms with van der Waals surface area (Å²) in [5.41, 5.74) is 2.17. The van der Waals surface area contributed by atoms with E-state index in [1.54, 1.807) is 0 Å². The molecule has 0 bridgehead atoms. The van der Waals surface area contributed by atoms with Crippen molar-refractivity contribution in [3.63, 3.8) is 0 Å². The smallest absolute Gasteiger partial charge is 0.233 e. The van der Waals surface area contributed by atoms with Crippen molar-refractivity contribution >= 4 is 17.7 Å². The SMILES string of the molecule is CC(C)NC(=O)C(C)Sc1ncc(-c2ccccc2)n1C. The summed E-state index contributed by atoms with van der Waals surface area (Å²) in [5, 5.41) is 3.60. The lowest BCUT2D eigenvalue weighted by molar-refractivity contribution is -0.120. The Kier molecular flexibility index (Phi) is 5.07. The van der Waals surface area contributed by atoms with E-state index in [0.29, 0.717) is 0 Å². The van der Waals surface area contributed by atoms with Gasteiger partial charge in [-0.05, 0) is 26.3 Å². The van der Waals surface area contributed by atoms with Crippen LogP contribution in [0.1, 0.15) is 20.8 Å². The summed E-state index contributed by atoms with van der Waals surface area (Å²) in [6.45, 7) is 5.83. The molecule has 1 atom stereocenters. The minimum atomic E-state index is -0.169. The van der Waals surface area contributed by atoms with Gasteiger partial charge >= 0.3 is 0 Å². The van der Waals surface area contributed by atoms with Crippen LogP contribution in [-0.4, -0.2) is 26.8 Å². The molecule has 0 aliphatic carbocycles. The lowest BCUT2D eigenvalue weighted by Crippen LogP contribution is -2.36. The molecule has 0 saturated carbocycles. The quantitative estimate of drug-likeness (QED) is 0.863. The molecule has 0 fully saturated rings. The van der Waals surface area contributed by atoms with Gasteiger partial charge in [0, 0.05) is 13.1 Å². The molecule has 0 spiro atoms. The number of nitrogens with one attached hydrogen (secondary N) is 1. The third-order valence-electron chi connectivity index (χ3n) is 3.10. The number of rotatable bonds is 5. The minimum absolute atomic E-state index is 0.0410. The van der Waals surface area contributed by atoms with Gasteiger partial charge in [-0.2, -0.15) is 0 Å². The third-order valence-corrected chi connectivity index (χ3v) is 4.26. The molecular formula is C16H21N3OS. The van der Waals surface area contributed by atoms with Crippen molar-refractivity contribution in [3.8, 4) is 11.3 Å². The Hall–Kier alpha value is -1.75. The number of aromatic nitrogens is 2. The number of benzene rings is 1. The van der Waals surface area contributed by atoms with Crippen LogP contribution in [0.25, 0.3) is 11.3 Å². The second kappa shape index (κ2) is 6.80. The van der Waals surface area contributed by atoms with Crippen molar-refractivity contribution in [1.29, 1.82) is 0 Å². The summed E-state index contributed by atoms with van der Waals surface area (Å²) < 4.78 is 2.03. The van der Waals surface area contributed by atoms with Gasteiger partial charge < -0.3 is 9.88 Å². The van der Waals surface area contributed by atoms with Crippen LogP contribution in [0.5, 0.6) is 0 Å². The number of amides is 1. The number of carbonyl (C=O) groups excluding carboxylic acids is 1. The average molecular weight is 303 g/mol. The molecule has 1 unspecified atom stereocenters. The van der Waals surface area contributed by atoms with Crippen LogP contribution in [0.15, 0.2) is 41.7 Å². The number of carbonyl (C=O) groups is 1. The van der Waals surface area contributed by atoms with Gasteiger partial charge in [-0.3, -0.25) is 4.79 Å². The lowest BCUT2D eigenvalue weighted by Gasteiger charge is -2.14. The maximum atomic E-state index is 12.0. The molecule has 0 aliphatic rings. The standard InChI is InChI=1S/C16H21N3OS/c1-11(2)18-15(20)12(3)21-16-17-10-14(19(16)4)13-8-6-5-7-9-13/h5-12H,1-4H3,(H,18,20). The summed E-state index contributed by atoms with van der Waals surface area (Å²) >= 11 is 1.48. The molecule has 0 radical (unpaired) electrons. The Morgan fingerprint density at radius 3 is 2.52 bits per heavy atom. The van der Waals surface area contributed by atoms with E-state index in [1.807, 2.05) is 56.8 Å². The molecular weight excluding hydrogens is 282 g/mol. The molecule has 0 aliphatic heterocycles. The normalized spacial score (nSPS) is 12.4. The van der Waals surface area contributed by atoms with E-state index in [9.17, 15) is 4.79 Å². The van der Waals surface area contributed by atoms with Crippen molar-refractivity contribution in [1.82, 2.24) is 14.9 Å². The van der Waals surface area contributed by atoms with Crippen molar-refractivity contribution in [3.05, 3.63) is 36.5 Å². The summed E-state index contributed by atoms with van der Waals surface area (Å²) in [6, 6.07) is 10.3. The predicted octanol–water partition coefficient (Wildman–Crippen LogP) is 3.09. The first kappa shape index (κ1) is 15.6. The first-order valence-electron chi connectivity index (χ1n) is 7.03. The monoisotopic (exact) mass is 303 g/mol. The highest BCUT2D eigenvalue weighted by Crippen LogP contribution is 2.27. The average Bonchev–Trinajstić information content (AvgIpc) is 2.80. The molecule has 0 saturated heterocycles. The molecule has 5 heteroatoms.